The topological polar surface area (TPSA) is 78.5 Å². The molecule has 19 heavy (non-hydrogen) atoms. The molecule has 0 amide bonds. The standard InChI is InChI=1S/C14H18N2O3/c1-9-10(2)19-14(16-9)12-5-3-4-6-13(12)15-7-11(18)8-17/h3-6,11,15,17-18H,7-8H2,1-2H3. The predicted octanol–water partition coefficient (Wildman–Crippen LogP) is 1.72. The molecule has 2 aromatic rings. The van der Waals surface area contributed by atoms with Gasteiger partial charge in [0.25, 0.3) is 0 Å². The van der Waals surface area contributed by atoms with Gasteiger partial charge in [0.05, 0.1) is 24.0 Å². The lowest BCUT2D eigenvalue weighted by atomic mass is 10.1. The van der Waals surface area contributed by atoms with Crippen LogP contribution in [0.3, 0.4) is 0 Å². The monoisotopic (exact) mass is 262 g/mol. The highest BCUT2D eigenvalue weighted by atomic mass is 16.4. The third kappa shape index (κ3) is 3.13. The van der Waals surface area contributed by atoms with Crippen LogP contribution in [0.2, 0.25) is 0 Å². The number of aliphatic hydroxyl groups is 2. The first kappa shape index (κ1) is 13.6. The van der Waals surface area contributed by atoms with Crippen molar-refractivity contribution < 1.29 is 14.6 Å². The van der Waals surface area contributed by atoms with Crippen molar-refractivity contribution in [2.75, 3.05) is 18.5 Å². The minimum absolute atomic E-state index is 0.270. The Balaban J connectivity index is 2.25. The lowest BCUT2D eigenvalue weighted by Gasteiger charge is -2.12. The van der Waals surface area contributed by atoms with E-state index in [9.17, 15) is 5.11 Å². The van der Waals surface area contributed by atoms with Gasteiger partial charge in [-0.25, -0.2) is 4.98 Å². The number of hydrogen-bond acceptors (Lipinski definition) is 5. The zero-order valence-corrected chi connectivity index (χ0v) is 11.1. The third-order valence-corrected chi connectivity index (χ3v) is 2.92. The minimum Gasteiger partial charge on any atom is -0.441 e. The van der Waals surface area contributed by atoms with Gasteiger partial charge in [-0.05, 0) is 26.0 Å². The van der Waals surface area contributed by atoms with Gasteiger partial charge < -0.3 is 19.9 Å². The molecule has 1 heterocycles. The van der Waals surface area contributed by atoms with Crippen molar-refractivity contribution in [2.45, 2.75) is 20.0 Å². The highest BCUT2D eigenvalue weighted by Gasteiger charge is 2.12. The van der Waals surface area contributed by atoms with E-state index in [2.05, 4.69) is 10.3 Å². The average Bonchev–Trinajstić information content (AvgIpc) is 2.76. The first-order chi connectivity index (χ1) is 9.11. The number of aryl methyl sites for hydroxylation is 2. The van der Waals surface area contributed by atoms with Gasteiger partial charge >= 0.3 is 0 Å². The van der Waals surface area contributed by atoms with Crippen LogP contribution in [0.25, 0.3) is 11.5 Å². The summed E-state index contributed by atoms with van der Waals surface area (Å²) in [6, 6.07) is 7.57. The largest absolute Gasteiger partial charge is 0.441 e. The summed E-state index contributed by atoms with van der Waals surface area (Å²) in [4.78, 5) is 4.37. The first-order valence-corrected chi connectivity index (χ1v) is 6.18. The molecule has 0 saturated carbocycles. The van der Waals surface area contributed by atoms with E-state index in [0.717, 1.165) is 22.7 Å². The SMILES string of the molecule is Cc1nc(-c2ccccc2NCC(O)CO)oc1C. The minimum atomic E-state index is -0.791. The van der Waals surface area contributed by atoms with Crippen molar-refractivity contribution in [3.63, 3.8) is 0 Å². The third-order valence-electron chi connectivity index (χ3n) is 2.92. The van der Waals surface area contributed by atoms with E-state index >= 15 is 0 Å². The Hall–Kier alpha value is -1.85. The molecule has 5 nitrogen and oxygen atoms in total. The number of hydrogen-bond donors (Lipinski definition) is 3. The van der Waals surface area contributed by atoms with E-state index in [0.29, 0.717) is 5.89 Å². The van der Waals surface area contributed by atoms with Crippen LogP contribution in [0.4, 0.5) is 5.69 Å². The van der Waals surface area contributed by atoms with Crippen molar-refractivity contribution in [1.82, 2.24) is 4.98 Å². The number of aliphatic hydroxyl groups excluding tert-OH is 2. The zero-order valence-electron chi connectivity index (χ0n) is 11.1. The van der Waals surface area contributed by atoms with Crippen LogP contribution in [-0.4, -0.2) is 34.5 Å². The smallest absolute Gasteiger partial charge is 0.228 e. The van der Waals surface area contributed by atoms with Crippen LogP contribution in [0.5, 0.6) is 0 Å². The molecule has 0 bridgehead atoms. The summed E-state index contributed by atoms with van der Waals surface area (Å²) in [6.07, 6.45) is -0.791. The zero-order chi connectivity index (χ0) is 13.8. The van der Waals surface area contributed by atoms with Gasteiger partial charge in [-0.2, -0.15) is 0 Å². The quantitative estimate of drug-likeness (QED) is 0.764. The lowest BCUT2D eigenvalue weighted by Crippen LogP contribution is -2.23. The van der Waals surface area contributed by atoms with E-state index < -0.39 is 6.10 Å². The van der Waals surface area contributed by atoms with E-state index in [-0.39, 0.29) is 13.2 Å². The van der Waals surface area contributed by atoms with Crippen molar-refractivity contribution in [3.05, 3.63) is 35.7 Å². The number of aromatic nitrogens is 1. The van der Waals surface area contributed by atoms with Crippen molar-refractivity contribution in [1.29, 1.82) is 0 Å². The maximum Gasteiger partial charge on any atom is 0.228 e. The molecule has 0 aliphatic heterocycles. The summed E-state index contributed by atoms with van der Waals surface area (Å²) in [5.74, 6) is 1.34. The lowest BCUT2D eigenvalue weighted by molar-refractivity contribution is 0.105. The Labute approximate surface area is 111 Å². The second kappa shape index (κ2) is 5.86. The van der Waals surface area contributed by atoms with Crippen molar-refractivity contribution >= 4 is 5.69 Å². The summed E-state index contributed by atoms with van der Waals surface area (Å²) in [7, 11) is 0. The summed E-state index contributed by atoms with van der Waals surface area (Å²) in [5.41, 5.74) is 2.51. The average molecular weight is 262 g/mol. The van der Waals surface area contributed by atoms with Crippen LogP contribution in [0.15, 0.2) is 28.7 Å². The molecule has 1 aromatic carbocycles. The molecule has 0 spiro atoms. The fourth-order valence-corrected chi connectivity index (χ4v) is 1.70. The molecular formula is C14H18N2O3. The van der Waals surface area contributed by atoms with Crippen molar-refractivity contribution in [2.24, 2.45) is 0 Å². The second-order valence-corrected chi connectivity index (χ2v) is 4.42. The number of nitrogens with zero attached hydrogens (tertiary/aromatic N) is 1. The molecule has 3 N–H and O–H groups in total. The number of rotatable bonds is 5. The summed E-state index contributed by atoms with van der Waals surface area (Å²) in [5, 5.41) is 21.3. The van der Waals surface area contributed by atoms with Gasteiger partial charge in [-0.1, -0.05) is 12.1 Å². The Morgan fingerprint density at radius 1 is 1.32 bits per heavy atom. The van der Waals surface area contributed by atoms with Gasteiger partial charge in [0, 0.05) is 12.2 Å². The molecular weight excluding hydrogens is 244 g/mol. The highest BCUT2D eigenvalue weighted by Crippen LogP contribution is 2.28. The van der Waals surface area contributed by atoms with E-state index in [4.69, 9.17) is 9.52 Å². The normalized spacial score (nSPS) is 12.4. The Morgan fingerprint density at radius 2 is 2.05 bits per heavy atom. The van der Waals surface area contributed by atoms with Crippen LogP contribution < -0.4 is 5.32 Å². The second-order valence-electron chi connectivity index (χ2n) is 4.42. The summed E-state index contributed by atoms with van der Waals surface area (Å²) in [6.45, 7) is 3.77. The summed E-state index contributed by atoms with van der Waals surface area (Å²) >= 11 is 0. The van der Waals surface area contributed by atoms with Gasteiger partial charge in [-0.3, -0.25) is 0 Å². The molecule has 2 rings (SSSR count). The van der Waals surface area contributed by atoms with E-state index in [1.54, 1.807) is 0 Å². The van der Waals surface area contributed by atoms with Gasteiger partial charge in [-0.15, -0.1) is 0 Å². The van der Waals surface area contributed by atoms with Crippen molar-refractivity contribution in [3.8, 4) is 11.5 Å². The molecule has 0 saturated heterocycles. The van der Waals surface area contributed by atoms with Gasteiger partial charge in [0.2, 0.25) is 5.89 Å². The first-order valence-electron chi connectivity index (χ1n) is 6.18. The molecule has 1 aromatic heterocycles. The molecule has 5 heteroatoms. The van der Waals surface area contributed by atoms with Crippen LogP contribution in [0.1, 0.15) is 11.5 Å². The van der Waals surface area contributed by atoms with E-state index in [1.807, 2.05) is 38.1 Å². The molecule has 0 aliphatic rings. The van der Waals surface area contributed by atoms with Crippen LogP contribution in [-0.2, 0) is 0 Å². The number of oxazole rings is 1. The van der Waals surface area contributed by atoms with E-state index in [1.165, 1.54) is 0 Å². The number of anilines is 1. The maximum atomic E-state index is 9.38. The van der Waals surface area contributed by atoms with Gasteiger partial charge in [0.15, 0.2) is 0 Å². The molecule has 1 unspecified atom stereocenters. The number of nitrogens with one attached hydrogen (secondary N) is 1. The number of benzene rings is 1. The fraction of sp³-hybridized carbons (Fsp3) is 0.357. The Bertz CT molecular complexity index is 532. The predicted molar refractivity (Wildman–Crippen MR) is 73.0 cm³/mol. The maximum absolute atomic E-state index is 9.38. The Kier molecular flexibility index (Phi) is 4.19. The molecule has 0 fully saturated rings. The molecule has 102 valence electrons. The highest BCUT2D eigenvalue weighted by molar-refractivity contribution is 5.72. The molecule has 0 radical (unpaired) electrons. The van der Waals surface area contributed by atoms with Gasteiger partial charge in [0.1, 0.15) is 5.76 Å². The molecule has 1 atom stereocenters. The fourth-order valence-electron chi connectivity index (χ4n) is 1.70. The summed E-state index contributed by atoms with van der Waals surface area (Å²) < 4.78 is 5.61. The number of para-hydroxylation sites is 1. The molecule has 0 aliphatic carbocycles. The van der Waals surface area contributed by atoms with Crippen LogP contribution >= 0.6 is 0 Å². The van der Waals surface area contributed by atoms with Crippen LogP contribution in [0, 0.1) is 13.8 Å². The Morgan fingerprint density at radius 3 is 2.68 bits per heavy atom.